The van der Waals surface area contributed by atoms with Crippen molar-refractivity contribution < 1.29 is 13.9 Å². The van der Waals surface area contributed by atoms with Gasteiger partial charge in [0.2, 0.25) is 5.91 Å². The first-order valence-corrected chi connectivity index (χ1v) is 19.7. The van der Waals surface area contributed by atoms with Gasteiger partial charge >= 0.3 is 0 Å². The number of carbonyl (C=O) groups is 1. The molecule has 5 heterocycles. The molecule has 3 aromatic rings. The zero-order chi connectivity index (χ0) is 35.3. The minimum absolute atomic E-state index is 0.230. The highest BCUT2D eigenvalue weighted by molar-refractivity contribution is 5.81. The number of carbonyl (C=O) groups excluding carboxylic acids is 1. The number of hydrogen-bond donors (Lipinski definition) is 1. The lowest BCUT2D eigenvalue weighted by Crippen LogP contribution is -2.65. The van der Waals surface area contributed by atoms with E-state index >= 15 is 0 Å². The Morgan fingerprint density at radius 3 is 2.56 bits per heavy atom. The monoisotopic (exact) mass is 707 g/mol. The van der Waals surface area contributed by atoms with Gasteiger partial charge in [-0.05, 0) is 93.7 Å². The number of aromatic nitrogens is 5. The van der Waals surface area contributed by atoms with Crippen LogP contribution >= 0.6 is 0 Å². The molecule has 1 N–H and O–H groups in total. The van der Waals surface area contributed by atoms with Gasteiger partial charge in [0.25, 0.3) is 5.88 Å². The average molecular weight is 708 g/mol. The predicted molar refractivity (Wildman–Crippen MR) is 193 cm³/mol. The number of hydrogen-bond acceptors (Lipinski definition) is 10. The van der Waals surface area contributed by atoms with Crippen LogP contribution in [0.2, 0.25) is 0 Å². The maximum atomic E-state index is 14.7. The van der Waals surface area contributed by atoms with Gasteiger partial charge in [-0.1, -0.05) is 13.8 Å². The van der Waals surface area contributed by atoms with Crippen molar-refractivity contribution in [1.29, 1.82) is 0 Å². The van der Waals surface area contributed by atoms with Crippen LogP contribution < -0.4 is 15.0 Å². The van der Waals surface area contributed by atoms with Gasteiger partial charge in [0.05, 0.1) is 5.69 Å². The number of nitrogens with one attached hydrogen (secondary N) is 1. The molecule has 1 spiro atoms. The van der Waals surface area contributed by atoms with Gasteiger partial charge in [-0.3, -0.25) is 14.6 Å². The van der Waals surface area contributed by atoms with Crippen molar-refractivity contribution in [2.45, 2.75) is 89.8 Å². The van der Waals surface area contributed by atoms with Gasteiger partial charge < -0.3 is 15.0 Å². The van der Waals surface area contributed by atoms with Gasteiger partial charge in [-0.25, -0.2) is 19.3 Å². The molecular formula is C40H50FN9O2. The van der Waals surface area contributed by atoms with Crippen LogP contribution in [0.5, 0.6) is 11.6 Å². The van der Waals surface area contributed by atoms with Crippen molar-refractivity contribution in [2.24, 2.45) is 35.0 Å². The van der Waals surface area contributed by atoms with Crippen LogP contribution in [0.15, 0.2) is 30.7 Å². The van der Waals surface area contributed by atoms with Gasteiger partial charge in [-0.2, -0.15) is 0 Å². The third-order valence-electron chi connectivity index (χ3n) is 13.5. The molecule has 4 atom stereocenters. The second-order valence-corrected chi connectivity index (χ2v) is 17.6. The third kappa shape index (κ3) is 5.94. The molecule has 1 aromatic carbocycles. The summed E-state index contributed by atoms with van der Waals surface area (Å²) in [6, 6.07) is 6.34. The highest BCUT2D eigenvalue weighted by atomic mass is 19.1. The van der Waals surface area contributed by atoms with E-state index in [0.717, 1.165) is 75.5 Å². The van der Waals surface area contributed by atoms with E-state index in [2.05, 4.69) is 54.0 Å². The quantitative estimate of drug-likeness (QED) is 0.285. The van der Waals surface area contributed by atoms with Crippen molar-refractivity contribution in [3.8, 4) is 22.8 Å². The SMILES string of the molecule is Cc1ncc(-c2cc(F)ccc2Oc2nncnc2N2CCC3(C2)CN([C@@H](C(C)C)C2CC(N4C[C@@H]5C(NC(=O)C6CC6)[C@@H]5C4)C2)C3)c(C2CC2)n1. The van der Waals surface area contributed by atoms with Crippen molar-refractivity contribution in [3.63, 3.8) is 0 Å². The summed E-state index contributed by atoms with van der Waals surface area (Å²) < 4.78 is 21.2. The third-order valence-corrected chi connectivity index (χ3v) is 13.5. The molecule has 7 aliphatic rings. The summed E-state index contributed by atoms with van der Waals surface area (Å²) in [5, 5.41) is 11.8. The van der Waals surface area contributed by atoms with Crippen LogP contribution in [0.3, 0.4) is 0 Å². The number of benzene rings is 1. The van der Waals surface area contributed by atoms with Gasteiger partial charge in [-0.15, -0.1) is 10.2 Å². The molecule has 11 nitrogen and oxygen atoms in total. The predicted octanol–water partition coefficient (Wildman–Crippen LogP) is 5.22. The lowest BCUT2D eigenvalue weighted by Gasteiger charge is -2.57. The number of aryl methyl sites for hydroxylation is 1. The Kier molecular flexibility index (Phi) is 7.83. The highest BCUT2D eigenvalue weighted by Gasteiger charge is 2.59. The fourth-order valence-corrected chi connectivity index (χ4v) is 10.4. The molecule has 52 heavy (non-hydrogen) atoms. The molecule has 274 valence electrons. The molecule has 1 unspecified atom stereocenters. The summed E-state index contributed by atoms with van der Waals surface area (Å²) in [6.07, 6.45) is 11.3. The molecule has 10 rings (SSSR count). The van der Waals surface area contributed by atoms with Crippen LogP contribution in [0.25, 0.3) is 11.1 Å². The van der Waals surface area contributed by atoms with Gasteiger partial charge in [0.15, 0.2) is 5.82 Å². The Labute approximate surface area is 305 Å². The van der Waals surface area contributed by atoms with E-state index in [9.17, 15) is 9.18 Å². The fourth-order valence-electron chi connectivity index (χ4n) is 10.4. The lowest BCUT2D eigenvalue weighted by atomic mass is 9.68. The summed E-state index contributed by atoms with van der Waals surface area (Å²) in [7, 11) is 0. The normalized spacial score (nSPS) is 29.9. The Morgan fingerprint density at radius 1 is 1.04 bits per heavy atom. The maximum absolute atomic E-state index is 14.7. The molecule has 4 saturated carbocycles. The minimum atomic E-state index is -0.341. The van der Waals surface area contributed by atoms with E-state index in [1.165, 1.54) is 44.4 Å². The fraction of sp³-hybridized carbons (Fsp3) is 0.650. The first-order chi connectivity index (χ1) is 25.2. The van der Waals surface area contributed by atoms with E-state index < -0.39 is 0 Å². The Balaban J connectivity index is 0.774. The maximum Gasteiger partial charge on any atom is 0.282 e. The molecule has 3 saturated heterocycles. The second kappa shape index (κ2) is 12.4. The standard InChI is InChI=1S/C40H50FN9O2/c1-22(2)36(26-12-28(13-26)49-16-31-32(17-49)35(31)46-38(51)25-6-7-25)50-19-40(20-50)10-11-48(18-40)37-39(47-44-21-43-37)52-33-9-8-27(41)14-29(33)30-15-42-23(3)45-34(30)24-4-5-24/h8-9,14-15,21-22,24-26,28,31-32,35-36H,4-7,10-13,16-20H2,1-3H3,(H,46,51)/t26?,28?,31-,32+,35?,36-/m0/s1. The van der Waals surface area contributed by atoms with Crippen LogP contribution in [0, 0.1) is 47.7 Å². The average Bonchev–Trinajstić information content (AvgIpc) is 4.05. The van der Waals surface area contributed by atoms with E-state index in [1.807, 2.05) is 6.92 Å². The molecule has 1 amide bonds. The molecular weight excluding hydrogens is 657 g/mol. The zero-order valence-corrected chi connectivity index (χ0v) is 30.5. The molecule has 4 aliphatic carbocycles. The number of piperidine rings is 1. The van der Waals surface area contributed by atoms with E-state index in [1.54, 1.807) is 12.3 Å². The number of halogens is 1. The van der Waals surface area contributed by atoms with Gasteiger partial charge in [0.1, 0.15) is 23.7 Å². The van der Waals surface area contributed by atoms with Crippen LogP contribution in [-0.4, -0.2) is 98.3 Å². The Morgan fingerprint density at radius 2 is 1.83 bits per heavy atom. The molecule has 0 bridgehead atoms. The number of nitrogens with zero attached hydrogens (tertiary/aromatic N) is 8. The van der Waals surface area contributed by atoms with Crippen molar-refractivity contribution in [2.75, 3.05) is 44.2 Å². The largest absolute Gasteiger partial charge is 0.434 e. The van der Waals surface area contributed by atoms with Crippen LogP contribution in [0.4, 0.5) is 10.2 Å². The number of amides is 1. The molecule has 2 aromatic heterocycles. The van der Waals surface area contributed by atoms with E-state index in [0.29, 0.717) is 82.5 Å². The smallest absolute Gasteiger partial charge is 0.282 e. The Hall–Kier alpha value is -3.77. The van der Waals surface area contributed by atoms with E-state index in [-0.39, 0.29) is 11.2 Å². The van der Waals surface area contributed by atoms with Crippen molar-refractivity contribution in [1.82, 2.24) is 40.3 Å². The Bertz CT molecular complexity index is 1860. The lowest BCUT2D eigenvalue weighted by molar-refractivity contribution is -0.122. The number of likely N-dealkylation sites (tertiary alicyclic amines) is 2. The molecule has 0 radical (unpaired) electrons. The number of ether oxygens (including phenoxy) is 1. The van der Waals surface area contributed by atoms with Crippen molar-refractivity contribution >= 4 is 11.7 Å². The highest BCUT2D eigenvalue weighted by Crippen LogP contribution is 2.52. The number of rotatable bonds is 11. The summed E-state index contributed by atoms with van der Waals surface area (Å²) in [5.74, 6) is 5.59. The minimum Gasteiger partial charge on any atom is -0.434 e. The first-order valence-electron chi connectivity index (χ1n) is 19.7. The van der Waals surface area contributed by atoms with E-state index in [4.69, 9.17) is 9.72 Å². The second-order valence-electron chi connectivity index (χ2n) is 17.6. The zero-order valence-electron chi connectivity index (χ0n) is 30.5. The van der Waals surface area contributed by atoms with Crippen LogP contribution in [0.1, 0.15) is 76.2 Å². The summed E-state index contributed by atoms with van der Waals surface area (Å²) in [4.78, 5) is 33.9. The summed E-state index contributed by atoms with van der Waals surface area (Å²) in [6.45, 7) is 13.0. The molecule has 3 aliphatic heterocycles. The summed E-state index contributed by atoms with van der Waals surface area (Å²) in [5.41, 5.74) is 2.60. The summed E-state index contributed by atoms with van der Waals surface area (Å²) >= 11 is 0. The number of anilines is 1. The van der Waals surface area contributed by atoms with Gasteiger partial charge in [0, 0.05) is 92.0 Å². The topological polar surface area (TPSA) is 112 Å². The number of fused-ring (bicyclic) bond motifs is 1. The molecule has 7 fully saturated rings. The molecule has 12 heteroatoms. The van der Waals surface area contributed by atoms with Crippen molar-refractivity contribution in [3.05, 3.63) is 48.1 Å². The van der Waals surface area contributed by atoms with Crippen LogP contribution in [-0.2, 0) is 4.79 Å². The first kappa shape index (κ1) is 32.8.